The molecule has 3 fully saturated rings. The maximum atomic E-state index is 13.9. The fourth-order valence-electron chi connectivity index (χ4n) is 6.10. The smallest absolute Gasteiger partial charge is 0.305 e. The minimum atomic E-state index is -1.78. The molecular weight excluding hydrogens is 524 g/mol. The second-order valence-corrected chi connectivity index (χ2v) is 12.6. The number of thioether (sulfide) groups is 2. The number of esters is 1. The zero-order chi connectivity index (χ0) is 27.0. The molecule has 3 aliphatic rings. The fourth-order valence-corrected chi connectivity index (χ4v) is 9.76. The first-order valence-electron chi connectivity index (χ1n) is 12.6. The van der Waals surface area contributed by atoms with Crippen molar-refractivity contribution in [1.82, 2.24) is 10.6 Å². The molecule has 3 N–H and O–H groups in total. The molecular formula is C28H30N2O6S2. The van der Waals surface area contributed by atoms with Crippen LogP contribution in [-0.4, -0.2) is 74.5 Å². The van der Waals surface area contributed by atoms with Crippen LogP contribution in [0.5, 0.6) is 0 Å². The number of rotatable bonds is 8. The predicted octanol–water partition coefficient (Wildman–Crippen LogP) is 2.60. The number of ether oxygens (including phenoxy) is 1. The van der Waals surface area contributed by atoms with Crippen LogP contribution in [0.4, 0.5) is 0 Å². The number of aliphatic hydroxyl groups is 1. The quantitative estimate of drug-likeness (QED) is 0.426. The van der Waals surface area contributed by atoms with Crippen LogP contribution in [0.2, 0.25) is 0 Å². The molecule has 38 heavy (non-hydrogen) atoms. The highest BCUT2D eigenvalue weighted by Crippen LogP contribution is 2.64. The third kappa shape index (κ3) is 4.23. The summed E-state index contributed by atoms with van der Waals surface area (Å²) in [5.41, 5.74) is -2.57. The van der Waals surface area contributed by atoms with E-state index in [-0.39, 0.29) is 29.8 Å². The molecule has 0 unspecified atom stereocenters. The predicted molar refractivity (Wildman–Crippen MR) is 146 cm³/mol. The number of ketones is 1. The number of hydrogen-bond acceptors (Lipinski definition) is 8. The molecule has 10 heteroatoms. The van der Waals surface area contributed by atoms with E-state index in [9.17, 15) is 24.3 Å². The van der Waals surface area contributed by atoms with Gasteiger partial charge in [-0.2, -0.15) is 0 Å². The number of methoxy groups -OCH3 is 1. The van der Waals surface area contributed by atoms with Gasteiger partial charge in [0.2, 0.25) is 0 Å². The van der Waals surface area contributed by atoms with Gasteiger partial charge >= 0.3 is 5.97 Å². The van der Waals surface area contributed by atoms with Gasteiger partial charge in [0.25, 0.3) is 11.8 Å². The molecule has 2 bridgehead atoms. The Bertz CT molecular complexity index is 1240. The van der Waals surface area contributed by atoms with Gasteiger partial charge in [0, 0.05) is 29.1 Å². The maximum Gasteiger partial charge on any atom is 0.305 e. The van der Waals surface area contributed by atoms with Crippen LogP contribution in [-0.2, 0) is 14.3 Å². The van der Waals surface area contributed by atoms with E-state index >= 15 is 0 Å². The third-order valence-electron chi connectivity index (χ3n) is 8.00. The van der Waals surface area contributed by atoms with Crippen molar-refractivity contribution in [2.45, 2.75) is 52.9 Å². The van der Waals surface area contributed by atoms with E-state index in [4.69, 9.17) is 4.74 Å². The first kappa shape index (κ1) is 26.8. The molecule has 2 amide bonds. The molecule has 0 spiro atoms. The van der Waals surface area contributed by atoms with Crippen molar-refractivity contribution >= 4 is 47.1 Å². The maximum absolute atomic E-state index is 13.9. The number of carbonyl (C=O) groups is 4. The summed E-state index contributed by atoms with van der Waals surface area (Å²) in [7, 11) is 1.33. The summed E-state index contributed by atoms with van der Waals surface area (Å²) in [5.74, 6) is -0.829. The largest absolute Gasteiger partial charge is 0.469 e. The fraction of sp³-hybridized carbons (Fsp3) is 0.429. The van der Waals surface area contributed by atoms with E-state index in [1.54, 1.807) is 54.6 Å². The van der Waals surface area contributed by atoms with Gasteiger partial charge in [0.15, 0.2) is 5.78 Å². The average Bonchev–Trinajstić information content (AvgIpc) is 3.36. The number of nitrogens with one attached hydrogen (secondary N) is 2. The monoisotopic (exact) mass is 554 g/mol. The van der Waals surface area contributed by atoms with Gasteiger partial charge in [0.1, 0.15) is 11.1 Å². The van der Waals surface area contributed by atoms with E-state index in [0.29, 0.717) is 36.1 Å². The lowest BCUT2D eigenvalue weighted by molar-refractivity contribution is -0.150. The SMILES string of the molecule is COC(=O)CCC[C@]12C[C@H]3SC[C@@](NC(=O)c4ccccc4)(C3=O)[C@@]1(O)[C@@H](NC(=O)c1ccccc1)CS2. The van der Waals surface area contributed by atoms with Gasteiger partial charge in [-0.25, -0.2) is 0 Å². The molecule has 1 aliphatic carbocycles. The van der Waals surface area contributed by atoms with E-state index in [2.05, 4.69) is 10.6 Å². The normalized spacial score (nSPS) is 31.4. The molecule has 5 rings (SSSR count). The topological polar surface area (TPSA) is 122 Å². The van der Waals surface area contributed by atoms with Gasteiger partial charge < -0.3 is 20.5 Å². The van der Waals surface area contributed by atoms with E-state index < -0.39 is 33.1 Å². The average molecular weight is 555 g/mol. The Kier molecular flexibility index (Phi) is 7.32. The summed E-state index contributed by atoms with van der Waals surface area (Å²) in [5, 5.41) is 18.4. The minimum Gasteiger partial charge on any atom is -0.469 e. The number of Topliss-reactive ketones (excluding diaryl/α,β-unsaturated/α-hetero) is 1. The van der Waals surface area contributed by atoms with Crippen LogP contribution >= 0.6 is 23.5 Å². The summed E-state index contributed by atoms with van der Waals surface area (Å²) in [4.78, 5) is 52.4. The molecule has 200 valence electrons. The Morgan fingerprint density at radius 2 is 1.66 bits per heavy atom. The highest BCUT2D eigenvalue weighted by molar-refractivity contribution is 8.02. The van der Waals surface area contributed by atoms with Gasteiger partial charge in [-0.15, -0.1) is 23.5 Å². The molecule has 0 radical (unpaired) electrons. The number of carbonyl (C=O) groups excluding carboxylic acids is 4. The summed E-state index contributed by atoms with van der Waals surface area (Å²) in [6.45, 7) is 0. The molecule has 5 atom stereocenters. The minimum absolute atomic E-state index is 0.172. The molecule has 2 saturated heterocycles. The zero-order valence-electron chi connectivity index (χ0n) is 21.0. The van der Waals surface area contributed by atoms with E-state index in [1.807, 2.05) is 6.07 Å². The Morgan fingerprint density at radius 3 is 2.29 bits per heavy atom. The zero-order valence-corrected chi connectivity index (χ0v) is 22.6. The molecule has 2 aliphatic heterocycles. The Labute approximate surface area is 229 Å². The molecule has 1 saturated carbocycles. The van der Waals surface area contributed by atoms with E-state index in [0.717, 1.165) is 0 Å². The second-order valence-electron chi connectivity index (χ2n) is 9.99. The lowest BCUT2D eigenvalue weighted by Gasteiger charge is -2.56. The van der Waals surface area contributed by atoms with Crippen LogP contribution in [0.25, 0.3) is 0 Å². The van der Waals surface area contributed by atoms with Crippen molar-refractivity contribution in [3.05, 3.63) is 71.8 Å². The van der Waals surface area contributed by atoms with Gasteiger partial charge in [-0.05, 0) is 43.5 Å². The number of amides is 2. The summed E-state index contributed by atoms with van der Waals surface area (Å²) in [6, 6.07) is 16.5. The van der Waals surface area contributed by atoms with Crippen molar-refractivity contribution in [1.29, 1.82) is 0 Å². The van der Waals surface area contributed by atoms with Crippen molar-refractivity contribution in [3.8, 4) is 0 Å². The number of fused-ring (bicyclic) bond motifs is 4. The van der Waals surface area contributed by atoms with Crippen LogP contribution in [0.15, 0.2) is 60.7 Å². The van der Waals surface area contributed by atoms with Crippen molar-refractivity contribution < 1.29 is 29.0 Å². The number of hydrogen-bond donors (Lipinski definition) is 3. The van der Waals surface area contributed by atoms with Crippen molar-refractivity contribution in [2.24, 2.45) is 0 Å². The first-order chi connectivity index (χ1) is 18.3. The molecule has 0 aromatic heterocycles. The number of benzene rings is 2. The second kappa shape index (κ2) is 10.4. The van der Waals surface area contributed by atoms with Gasteiger partial charge in [-0.3, -0.25) is 19.2 Å². The third-order valence-corrected chi connectivity index (χ3v) is 11.1. The van der Waals surface area contributed by atoms with Gasteiger partial charge in [0.05, 0.1) is 23.1 Å². The van der Waals surface area contributed by atoms with Crippen LogP contribution < -0.4 is 10.6 Å². The molecule has 8 nitrogen and oxygen atoms in total. The van der Waals surface area contributed by atoms with Crippen LogP contribution in [0.3, 0.4) is 0 Å². The molecule has 2 aromatic carbocycles. The summed E-state index contributed by atoms with van der Waals surface area (Å²) < 4.78 is 3.95. The van der Waals surface area contributed by atoms with Gasteiger partial charge in [-0.1, -0.05) is 36.4 Å². The van der Waals surface area contributed by atoms with E-state index in [1.165, 1.54) is 30.6 Å². The Balaban J connectivity index is 1.54. The first-order valence-corrected chi connectivity index (χ1v) is 14.6. The summed E-state index contributed by atoms with van der Waals surface area (Å²) in [6.07, 6.45) is 1.43. The molecule has 2 heterocycles. The highest BCUT2D eigenvalue weighted by atomic mass is 32.2. The Morgan fingerprint density at radius 1 is 1.03 bits per heavy atom. The Hall–Kier alpha value is -2.82. The van der Waals surface area contributed by atoms with Crippen molar-refractivity contribution in [3.63, 3.8) is 0 Å². The molecule has 2 aromatic rings. The van der Waals surface area contributed by atoms with Crippen LogP contribution in [0, 0.1) is 0 Å². The summed E-state index contributed by atoms with van der Waals surface area (Å²) >= 11 is 2.95. The lowest BCUT2D eigenvalue weighted by atomic mass is 9.59. The highest BCUT2D eigenvalue weighted by Gasteiger charge is 2.78. The lowest BCUT2D eigenvalue weighted by Crippen LogP contribution is -2.82. The standard InChI is InChI=1S/C28H30N2O6S2/c1-36-22(31)13-8-14-26-15-20-23(32)27(17-37-20,30-25(34)19-11-6-3-7-12-19)28(26,35)21(16-38-26)29-24(33)18-9-4-2-5-10-18/h2-7,9-12,20-21,35H,8,13-17H2,1H3,(H,29,33)(H,30,34)/t20-,21+,26+,27-,28-/m1/s1. The van der Waals surface area contributed by atoms with Crippen LogP contribution in [0.1, 0.15) is 46.4 Å². The van der Waals surface area contributed by atoms with Crippen molar-refractivity contribution in [2.75, 3.05) is 18.6 Å².